The van der Waals surface area contributed by atoms with Crippen molar-refractivity contribution in [2.45, 2.75) is 19.3 Å². The number of fused-ring (bicyclic) bond motifs is 1. The molecule has 0 fully saturated rings. The highest BCUT2D eigenvalue weighted by molar-refractivity contribution is 6.11. The monoisotopic (exact) mass is 382 g/mol. The Bertz CT molecular complexity index is 1170. The van der Waals surface area contributed by atoms with Gasteiger partial charge in [0.15, 0.2) is 5.75 Å². The summed E-state index contributed by atoms with van der Waals surface area (Å²) in [6.07, 6.45) is 0.836. The molecule has 0 bridgehead atoms. The Labute approximate surface area is 169 Å². The molecule has 0 radical (unpaired) electrons. The highest BCUT2D eigenvalue weighted by Gasteiger charge is 2.24. The molecule has 0 aliphatic heterocycles. The molecular weight excluding hydrogens is 360 g/mol. The van der Waals surface area contributed by atoms with Crippen molar-refractivity contribution in [2.24, 2.45) is 5.73 Å². The molecule has 1 atom stereocenters. The average molecular weight is 382 g/mol. The van der Waals surface area contributed by atoms with E-state index in [1.165, 1.54) is 0 Å². The summed E-state index contributed by atoms with van der Waals surface area (Å²) in [7, 11) is 0. The average Bonchev–Trinajstić information content (AvgIpc) is 2.75. The molecule has 1 unspecified atom stereocenters. The second kappa shape index (κ2) is 7.76. The second-order valence-corrected chi connectivity index (χ2v) is 7.03. The van der Waals surface area contributed by atoms with Gasteiger partial charge in [-0.3, -0.25) is 4.79 Å². The Balaban J connectivity index is 2.04. The van der Waals surface area contributed by atoms with Crippen LogP contribution in [-0.2, 0) is 0 Å². The molecule has 1 aromatic heterocycles. The summed E-state index contributed by atoms with van der Waals surface area (Å²) in [5.41, 5.74) is 9.69. The van der Waals surface area contributed by atoms with Crippen LogP contribution in [0.1, 0.15) is 40.7 Å². The number of aromatic hydroxyl groups is 1. The fourth-order valence-electron chi connectivity index (χ4n) is 3.98. The van der Waals surface area contributed by atoms with Gasteiger partial charge < -0.3 is 10.8 Å². The standard InChI is InChI=1S/C25H22N2O2/c1-2-18(16-10-5-3-6-11-16)19-14-9-15-20-21(19)22(25(26)29)24(28)23(27-20)17-12-7-4-8-13-17/h3-15,18,28H,2H2,1H3,(H2,26,29). The van der Waals surface area contributed by atoms with E-state index in [-0.39, 0.29) is 17.2 Å². The Morgan fingerprint density at radius 2 is 1.62 bits per heavy atom. The molecule has 4 heteroatoms. The van der Waals surface area contributed by atoms with Crippen molar-refractivity contribution in [2.75, 3.05) is 0 Å². The number of amides is 1. The van der Waals surface area contributed by atoms with Crippen molar-refractivity contribution in [3.63, 3.8) is 0 Å². The second-order valence-electron chi connectivity index (χ2n) is 7.03. The van der Waals surface area contributed by atoms with Crippen molar-refractivity contribution >= 4 is 16.8 Å². The zero-order valence-corrected chi connectivity index (χ0v) is 16.2. The number of hydrogen-bond donors (Lipinski definition) is 2. The molecule has 4 rings (SSSR count). The van der Waals surface area contributed by atoms with Gasteiger partial charge in [0.2, 0.25) is 0 Å². The maximum atomic E-state index is 12.5. The van der Waals surface area contributed by atoms with E-state index in [0.717, 1.165) is 23.1 Å². The van der Waals surface area contributed by atoms with Crippen molar-refractivity contribution < 1.29 is 9.90 Å². The number of pyridine rings is 1. The first-order chi connectivity index (χ1) is 14.1. The molecule has 4 nitrogen and oxygen atoms in total. The molecule has 0 aliphatic carbocycles. The van der Waals surface area contributed by atoms with Crippen molar-refractivity contribution in [1.82, 2.24) is 4.98 Å². The Hall–Kier alpha value is -3.66. The first-order valence-corrected chi connectivity index (χ1v) is 9.67. The van der Waals surface area contributed by atoms with Crippen LogP contribution >= 0.6 is 0 Å². The Morgan fingerprint density at radius 3 is 2.24 bits per heavy atom. The lowest BCUT2D eigenvalue weighted by Gasteiger charge is -2.20. The topological polar surface area (TPSA) is 76.2 Å². The van der Waals surface area contributed by atoms with Gasteiger partial charge in [-0.15, -0.1) is 0 Å². The van der Waals surface area contributed by atoms with Gasteiger partial charge in [-0.25, -0.2) is 4.98 Å². The molecule has 0 saturated heterocycles. The summed E-state index contributed by atoms with van der Waals surface area (Å²) in [6, 6.07) is 25.2. The SMILES string of the molecule is CCC(c1ccccc1)c1cccc2nc(-c3ccccc3)c(O)c(C(N)=O)c12. The van der Waals surface area contributed by atoms with Gasteiger partial charge in [-0.05, 0) is 23.6 Å². The summed E-state index contributed by atoms with van der Waals surface area (Å²) in [5, 5.41) is 11.6. The predicted octanol–water partition coefficient (Wildman–Crippen LogP) is 5.25. The third-order valence-electron chi connectivity index (χ3n) is 5.30. The number of nitrogens with zero attached hydrogens (tertiary/aromatic N) is 1. The lowest BCUT2D eigenvalue weighted by Crippen LogP contribution is -2.14. The summed E-state index contributed by atoms with van der Waals surface area (Å²) < 4.78 is 0. The quantitative estimate of drug-likeness (QED) is 0.495. The summed E-state index contributed by atoms with van der Waals surface area (Å²) in [5.74, 6) is -0.782. The van der Waals surface area contributed by atoms with Crippen molar-refractivity contribution in [1.29, 1.82) is 0 Å². The molecule has 4 aromatic rings. The van der Waals surface area contributed by atoms with Crippen LogP contribution in [0.15, 0.2) is 78.9 Å². The zero-order valence-electron chi connectivity index (χ0n) is 16.2. The first kappa shape index (κ1) is 18.7. The number of carbonyl (C=O) groups is 1. The highest BCUT2D eigenvalue weighted by atomic mass is 16.3. The third-order valence-corrected chi connectivity index (χ3v) is 5.30. The maximum absolute atomic E-state index is 12.5. The Kier molecular flexibility index (Phi) is 5.00. The van der Waals surface area contributed by atoms with E-state index < -0.39 is 5.91 Å². The summed E-state index contributed by atoms with van der Waals surface area (Å²) >= 11 is 0. The third kappa shape index (κ3) is 3.34. The lowest BCUT2D eigenvalue weighted by molar-refractivity contribution is 0.0999. The summed E-state index contributed by atoms with van der Waals surface area (Å²) in [6.45, 7) is 2.10. The fraction of sp³-hybridized carbons (Fsp3) is 0.120. The fourth-order valence-corrected chi connectivity index (χ4v) is 3.98. The molecular formula is C25H22N2O2. The van der Waals surface area contributed by atoms with Crippen LogP contribution in [0.5, 0.6) is 5.75 Å². The molecule has 1 heterocycles. The number of nitrogens with two attached hydrogens (primary N) is 1. The van der Waals surface area contributed by atoms with Gasteiger partial charge in [0.1, 0.15) is 5.69 Å². The molecule has 0 spiro atoms. The molecule has 0 saturated carbocycles. The molecule has 0 aliphatic rings. The van der Waals surface area contributed by atoms with Gasteiger partial charge in [0, 0.05) is 16.9 Å². The molecule has 3 aromatic carbocycles. The van der Waals surface area contributed by atoms with E-state index in [1.807, 2.05) is 66.7 Å². The number of primary amides is 1. The summed E-state index contributed by atoms with van der Waals surface area (Å²) in [4.78, 5) is 17.2. The lowest BCUT2D eigenvalue weighted by atomic mass is 9.85. The van der Waals surface area contributed by atoms with Gasteiger partial charge in [0.25, 0.3) is 5.91 Å². The van der Waals surface area contributed by atoms with E-state index in [9.17, 15) is 9.90 Å². The minimum Gasteiger partial charge on any atom is -0.505 e. The number of hydrogen-bond acceptors (Lipinski definition) is 3. The molecule has 1 amide bonds. The van der Waals surface area contributed by atoms with Crippen LogP contribution < -0.4 is 5.73 Å². The molecule has 144 valence electrons. The normalized spacial score (nSPS) is 12.0. The number of benzene rings is 3. The van der Waals surface area contributed by atoms with Crippen LogP contribution in [0.2, 0.25) is 0 Å². The minimum absolute atomic E-state index is 0.0572. The predicted molar refractivity (Wildman–Crippen MR) is 116 cm³/mol. The minimum atomic E-state index is -0.664. The number of carbonyl (C=O) groups excluding carboxylic acids is 1. The smallest absolute Gasteiger partial charge is 0.253 e. The van der Waals surface area contributed by atoms with Gasteiger partial charge in [-0.1, -0.05) is 79.7 Å². The van der Waals surface area contributed by atoms with Crippen LogP contribution in [-0.4, -0.2) is 16.0 Å². The Morgan fingerprint density at radius 1 is 0.966 bits per heavy atom. The molecule has 29 heavy (non-hydrogen) atoms. The van der Waals surface area contributed by atoms with Crippen LogP contribution in [0.25, 0.3) is 22.2 Å². The molecule has 3 N–H and O–H groups in total. The van der Waals surface area contributed by atoms with E-state index in [0.29, 0.717) is 16.6 Å². The number of rotatable bonds is 5. The van der Waals surface area contributed by atoms with Crippen LogP contribution in [0, 0.1) is 0 Å². The maximum Gasteiger partial charge on any atom is 0.253 e. The van der Waals surface area contributed by atoms with Gasteiger partial charge in [-0.2, -0.15) is 0 Å². The zero-order chi connectivity index (χ0) is 20.4. The van der Waals surface area contributed by atoms with E-state index >= 15 is 0 Å². The van der Waals surface area contributed by atoms with Gasteiger partial charge >= 0.3 is 0 Å². The number of aromatic nitrogens is 1. The largest absolute Gasteiger partial charge is 0.505 e. The van der Waals surface area contributed by atoms with Crippen molar-refractivity contribution in [3.05, 3.63) is 95.6 Å². The van der Waals surface area contributed by atoms with Crippen LogP contribution in [0.4, 0.5) is 0 Å². The van der Waals surface area contributed by atoms with E-state index in [4.69, 9.17) is 10.7 Å². The van der Waals surface area contributed by atoms with E-state index in [2.05, 4.69) is 19.1 Å². The first-order valence-electron chi connectivity index (χ1n) is 9.67. The van der Waals surface area contributed by atoms with Crippen molar-refractivity contribution in [3.8, 4) is 17.0 Å². The van der Waals surface area contributed by atoms with Crippen LogP contribution in [0.3, 0.4) is 0 Å². The highest BCUT2D eigenvalue weighted by Crippen LogP contribution is 2.40. The van der Waals surface area contributed by atoms with Gasteiger partial charge in [0.05, 0.1) is 11.1 Å². The van der Waals surface area contributed by atoms with E-state index in [1.54, 1.807) is 0 Å².